The number of hydrogen-bond donors (Lipinski definition) is 5. The van der Waals surface area contributed by atoms with E-state index in [1.165, 1.54) is 36.9 Å². The Kier molecular flexibility index (Phi) is 8.59. The van der Waals surface area contributed by atoms with Crippen molar-refractivity contribution in [2.45, 2.75) is 23.8 Å². The number of amides is 3. The summed E-state index contributed by atoms with van der Waals surface area (Å²) in [4.78, 5) is 23.7. The zero-order chi connectivity index (χ0) is 22.0. The fourth-order valence-corrected chi connectivity index (χ4v) is 3.77. The van der Waals surface area contributed by atoms with Crippen molar-refractivity contribution in [1.29, 1.82) is 0 Å². The molecule has 0 bridgehead atoms. The maximum Gasteiger partial charge on any atom is 0.319 e. The first kappa shape index (κ1) is 23.1. The molecule has 0 aliphatic heterocycles. The van der Waals surface area contributed by atoms with Gasteiger partial charge in [-0.3, -0.25) is 10.0 Å². The maximum absolute atomic E-state index is 12.5. The molecule has 2 aromatic carbocycles. The molecule has 5 N–H and O–H groups in total. The molecule has 10 nitrogen and oxygen atoms in total. The van der Waals surface area contributed by atoms with Crippen LogP contribution in [-0.4, -0.2) is 45.3 Å². The zero-order valence-corrected chi connectivity index (χ0v) is 17.1. The molecule has 0 saturated carbocycles. The summed E-state index contributed by atoms with van der Waals surface area (Å²) in [6, 6.07) is 12.8. The van der Waals surface area contributed by atoms with Crippen molar-refractivity contribution in [3.05, 3.63) is 54.6 Å². The molecule has 2 rings (SSSR count). The molecule has 0 fully saturated rings. The first-order valence-electron chi connectivity index (χ1n) is 9.06. The normalized spacial score (nSPS) is 11.9. The number of benzene rings is 2. The molecule has 162 valence electrons. The van der Waals surface area contributed by atoms with E-state index in [1.54, 1.807) is 24.3 Å². The van der Waals surface area contributed by atoms with Crippen molar-refractivity contribution in [1.82, 2.24) is 15.5 Å². The van der Waals surface area contributed by atoms with Gasteiger partial charge in [-0.15, -0.1) is 0 Å². The Balaban J connectivity index is 1.89. The highest BCUT2D eigenvalue weighted by molar-refractivity contribution is 7.89. The lowest BCUT2D eigenvalue weighted by atomic mass is 10.1. The van der Waals surface area contributed by atoms with Gasteiger partial charge < -0.3 is 15.4 Å². The van der Waals surface area contributed by atoms with E-state index < -0.39 is 28.0 Å². The topological polar surface area (TPSA) is 146 Å². The first-order valence-corrected chi connectivity index (χ1v) is 10.5. The number of rotatable bonds is 10. The summed E-state index contributed by atoms with van der Waals surface area (Å²) in [5.74, 6) is -0.417. The van der Waals surface area contributed by atoms with E-state index in [4.69, 9.17) is 9.94 Å². The predicted octanol–water partition coefficient (Wildman–Crippen LogP) is 1.45. The molecule has 0 aliphatic rings. The molecule has 1 atom stereocenters. The summed E-state index contributed by atoms with van der Waals surface area (Å²) in [5, 5.41) is 14.2. The Morgan fingerprint density at radius 1 is 1.07 bits per heavy atom. The number of sulfonamides is 1. The Hall–Kier alpha value is -3.15. The lowest BCUT2D eigenvalue weighted by Crippen LogP contribution is -2.46. The van der Waals surface area contributed by atoms with Gasteiger partial charge in [-0.25, -0.2) is 18.7 Å². The Bertz CT molecular complexity index is 935. The van der Waals surface area contributed by atoms with Crippen molar-refractivity contribution >= 4 is 27.6 Å². The van der Waals surface area contributed by atoms with E-state index in [9.17, 15) is 18.0 Å². The van der Waals surface area contributed by atoms with Gasteiger partial charge in [0.2, 0.25) is 10.0 Å². The van der Waals surface area contributed by atoms with Crippen LogP contribution in [0.25, 0.3) is 0 Å². The lowest BCUT2D eigenvalue weighted by molar-refractivity contribution is -0.131. The highest BCUT2D eigenvalue weighted by Crippen LogP contribution is 2.16. The number of ether oxygens (including phenoxy) is 1. The highest BCUT2D eigenvalue weighted by atomic mass is 32.2. The SMILES string of the molecule is COc1ccc(S(=O)(=O)N[C@@H](CCCNC(=O)Nc2ccccc2)C(=O)NO)cc1. The number of urea groups is 1. The van der Waals surface area contributed by atoms with Gasteiger partial charge in [0.25, 0.3) is 5.91 Å². The van der Waals surface area contributed by atoms with E-state index in [-0.39, 0.29) is 24.3 Å². The highest BCUT2D eigenvalue weighted by Gasteiger charge is 2.25. The number of para-hydroxylation sites is 1. The van der Waals surface area contributed by atoms with Crippen LogP contribution in [0.15, 0.2) is 59.5 Å². The molecule has 2 aromatic rings. The molecule has 0 unspecified atom stereocenters. The Morgan fingerprint density at radius 2 is 1.73 bits per heavy atom. The average molecular weight is 436 g/mol. The van der Waals surface area contributed by atoms with E-state index >= 15 is 0 Å². The predicted molar refractivity (Wildman–Crippen MR) is 110 cm³/mol. The van der Waals surface area contributed by atoms with Gasteiger partial charge in [0.15, 0.2) is 0 Å². The van der Waals surface area contributed by atoms with Gasteiger partial charge >= 0.3 is 6.03 Å². The van der Waals surface area contributed by atoms with Gasteiger partial charge in [0.05, 0.1) is 12.0 Å². The summed E-state index contributed by atoms with van der Waals surface area (Å²) >= 11 is 0. The summed E-state index contributed by atoms with van der Waals surface area (Å²) < 4.78 is 32.3. The minimum Gasteiger partial charge on any atom is -0.497 e. The van der Waals surface area contributed by atoms with Gasteiger partial charge in [-0.05, 0) is 49.2 Å². The number of carbonyl (C=O) groups is 2. The summed E-state index contributed by atoms with van der Waals surface area (Å²) in [7, 11) is -2.56. The molecule has 0 aromatic heterocycles. The van der Waals surface area contributed by atoms with Crippen LogP contribution in [0.1, 0.15) is 12.8 Å². The minimum absolute atomic E-state index is 0.0490. The molecule has 0 heterocycles. The van der Waals surface area contributed by atoms with Gasteiger partial charge in [0, 0.05) is 12.2 Å². The second-order valence-electron chi connectivity index (χ2n) is 6.21. The smallest absolute Gasteiger partial charge is 0.319 e. The van der Waals surface area contributed by atoms with Gasteiger partial charge in [-0.2, -0.15) is 4.72 Å². The third-order valence-corrected chi connectivity index (χ3v) is 5.57. The quantitative estimate of drug-likeness (QED) is 0.216. The Morgan fingerprint density at radius 3 is 2.33 bits per heavy atom. The van der Waals surface area contributed by atoms with Crippen LogP contribution >= 0.6 is 0 Å². The van der Waals surface area contributed by atoms with E-state index in [1.807, 2.05) is 6.07 Å². The second-order valence-corrected chi connectivity index (χ2v) is 7.93. The molecule has 11 heteroatoms. The van der Waals surface area contributed by atoms with Crippen molar-refractivity contribution in [2.24, 2.45) is 0 Å². The average Bonchev–Trinajstić information content (AvgIpc) is 2.76. The number of methoxy groups -OCH3 is 1. The zero-order valence-electron chi connectivity index (χ0n) is 16.3. The molecule has 0 radical (unpaired) electrons. The van der Waals surface area contributed by atoms with Crippen molar-refractivity contribution in [3.8, 4) is 5.75 Å². The van der Waals surface area contributed by atoms with Crippen LogP contribution in [-0.2, 0) is 14.8 Å². The molecular weight excluding hydrogens is 412 g/mol. The fraction of sp³-hybridized carbons (Fsp3) is 0.263. The number of hydroxylamine groups is 1. The lowest BCUT2D eigenvalue weighted by Gasteiger charge is -2.17. The standard InChI is InChI=1S/C19H24N4O6S/c1-29-15-9-11-16(12-10-15)30(27,28)23-17(18(24)22-26)8-5-13-20-19(25)21-14-6-3-2-4-7-14/h2-4,6-7,9-12,17,23,26H,5,8,13H2,1H3,(H,22,24)(H2,20,21,25)/t17-/m0/s1. The van der Waals surface area contributed by atoms with Crippen molar-refractivity contribution in [3.63, 3.8) is 0 Å². The van der Waals surface area contributed by atoms with E-state index in [0.717, 1.165) is 0 Å². The van der Waals surface area contributed by atoms with Gasteiger partial charge in [0.1, 0.15) is 11.8 Å². The molecule has 0 aliphatic carbocycles. The van der Waals surface area contributed by atoms with Crippen LogP contribution in [0.3, 0.4) is 0 Å². The molecule has 30 heavy (non-hydrogen) atoms. The number of hydrogen-bond acceptors (Lipinski definition) is 6. The van der Waals surface area contributed by atoms with Gasteiger partial charge in [-0.1, -0.05) is 18.2 Å². The summed E-state index contributed by atoms with van der Waals surface area (Å²) in [6.45, 7) is 0.193. The van der Waals surface area contributed by atoms with Crippen LogP contribution in [0.2, 0.25) is 0 Å². The fourth-order valence-electron chi connectivity index (χ4n) is 2.54. The second kappa shape index (κ2) is 11.1. The van der Waals surface area contributed by atoms with Crippen molar-refractivity contribution in [2.75, 3.05) is 19.0 Å². The maximum atomic E-state index is 12.5. The molecule has 0 saturated heterocycles. The third kappa shape index (κ3) is 7.03. The Labute approximate surface area is 174 Å². The van der Waals surface area contributed by atoms with Crippen LogP contribution < -0.4 is 25.6 Å². The van der Waals surface area contributed by atoms with Crippen LogP contribution in [0.4, 0.5) is 10.5 Å². The van der Waals surface area contributed by atoms with Crippen LogP contribution in [0, 0.1) is 0 Å². The van der Waals surface area contributed by atoms with E-state index in [2.05, 4.69) is 15.4 Å². The minimum atomic E-state index is -4.01. The van der Waals surface area contributed by atoms with E-state index in [0.29, 0.717) is 11.4 Å². The monoisotopic (exact) mass is 436 g/mol. The van der Waals surface area contributed by atoms with Crippen LogP contribution in [0.5, 0.6) is 5.75 Å². The number of nitrogens with one attached hydrogen (secondary N) is 4. The number of anilines is 1. The largest absolute Gasteiger partial charge is 0.497 e. The molecule has 3 amide bonds. The molecular formula is C19H24N4O6S. The molecule has 0 spiro atoms. The number of carbonyl (C=O) groups excluding carboxylic acids is 2. The summed E-state index contributed by atoms with van der Waals surface area (Å²) in [5.41, 5.74) is 2.08. The summed E-state index contributed by atoms with van der Waals surface area (Å²) in [6.07, 6.45) is 0.332. The first-order chi connectivity index (χ1) is 14.4. The third-order valence-electron chi connectivity index (χ3n) is 4.08. The van der Waals surface area contributed by atoms with Crippen molar-refractivity contribution < 1.29 is 28.0 Å².